The number of rotatable bonds is 5. The van der Waals surface area contributed by atoms with E-state index < -0.39 is 38.0 Å². The summed E-state index contributed by atoms with van der Waals surface area (Å²) in [6.45, 7) is 5.86. The number of benzene rings is 1. The van der Waals surface area contributed by atoms with Crippen LogP contribution in [0.15, 0.2) is 17.0 Å². The van der Waals surface area contributed by atoms with E-state index in [1.807, 2.05) is 20.8 Å². The second-order valence-corrected chi connectivity index (χ2v) is 7.01. The minimum Gasteiger partial charge on any atom is -0.351 e. The number of hydrogen-bond acceptors (Lipinski definition) is 3. The van der Waals surface area contributed by atoms with Crippen LogP contribution in [0.4, 0.5) is 8.78 Å². The summed E-state index contributed by atoms with van der Waals surface area (Å²) < 4.78 is 50.0. The molecule has 0 saturated carbocycles. The van der Waals surface area contributed by atoms with Gasteiger partial charge in [-0.25, -0.2) is 22.3 Å². The number of carbonyl (C=O) groups excluding carboxylic acids is 1. The highest BCUT2D eigenvalue weighted by Gasteiger charge is 2.26. The molecular formula is C13H18F2N2O3S. The molecule has 0 saturated heterocycles. The van der Waals surface area contributed by atoms with E-state index in [9.17, 15) is 22.0 Å². The van der Waals surface area contributed by atoms with Gasteiger partial charge in [0.15, 0.2) is 5.82 Å². The van der Waals surface area contributed by atoms with E-state index >= 15 is 0 Å². The third kappa shape index (κ3) is 4.21. The third-order valence-electron chi connectivity index (χ3n) is 3.27. The van der Waals surface area contributed by atoms with Crippen molar-refractivity contribution in [2.75, 3.05) is 6.54 Å². The Morgan fingerprint density at radius 1 is 1.33 bits per heavy atom. The molecular weight excluding hydrogens is 302 g/mol. The summed E-state index contributed by atoms with van der Waals surface area (Å²) in [5.74, 6) is -3.65. The Morgan fingerprint density at radius 3 is 2.38 bits per heavy atom. The Balaban J connectivity index is 3.16. The lowest BCUT2D eigenvalue weighted by Gasteiger charge is -2.23. The fourth-order valence-corrected chi connectivity index (χ4v) is 2.10. The van der Waals surface area contributed by atoms with Crippen molar-refractivity contribution >= 4 is 15.9 Å². The highest BCUT2D eigenvalue weighted by Crippen LogP contribution is 2.21. The van der Waals surface area contributed by atoms with Gasteiger partial charge < -0.3 is 5.32 Å². The number of halogens is 2. The molecule has 0 aliphatic carbocycles. The molecule has 1 rings (SSSR count). The first kappa shape index (κ1) is 17.5. The summed E-state index contributed by atoms with van der Waals surface area (Å²) >= 11 is 0. The molecule has 1 amide bonds. The van der Waals surface area contributed by atoms with Gasteiger partial charge in [0.05, 0.1) is 0 Å². The number of nitrogens with one attached hydrogen (secondary N) is 1. The van der Waals surface area contributed by atoms with Crippen LogP contribution in [0.5, 0.6) is 0 Å². The van der Waals surface area contributed by atoms with Gasteiger partial charge >= 0.3 is 0 Å². The lowest BCUT2D eigenvalue weighted by atomic mass is 9.90. The highest BCUT2D eigenvalue weighted by atomic mass is 32.2. The number of sulfonamides is 1. The normalized spacial score (nSPS) is 12.3. The molecule has 0 unspecified atom stereocenters. The quantitative estimate of drug-likeness (QED) is 0.866. The van der Waals surface area contributed by atoms with Gasteiger partial charge in [0.25, 0.3) is 5.91 Å². The lowest BCUT2D eigenvalue weighted by Crippen LogP contribution is -2.35. The summed E-state index contributed by atoms with van der Waals surface area (Å²) in [5, 5.41) is 7.22. The number of nitrogens with two attached hydrogens (primary N) is 1. The van der Waals surface area contributed by atoms with Crippen molar-refractivity contribution < 1.29 is 22.0 Å². The average Bonchev–Trinajstić information content (AvgIpc) is 2.35. The Morgan fingerprint density at radius 2 is 1.90 bits per heavy atom. The van der Waals surface area contributed by atoms with Crippen LogP contribution in [-0.2, 0) is 10.0 Å². The molecule has 0 aromatic heterocycles. The van der Waals surface area contributed by atoms with Gasteiger partial charge in [-0.3, -0.25) is 4.79 Å². The molecule has 1 aromatic carbocycles. The first-order valence-corrected chi connectivity index (χ1v) is 7.83. The number of primary sulfonamides is 1. The molecule has 0 bridgehead atoms. The maximum absolute atomic E-state index is 14.0. The largest absolute Gasteiger partial charge is 0.351 e. The fraction of sp³-hybridized carbons (Fsp3) is 0.462. The number of carbonyl (C=O) groups is 1. The second kappa shape index (κ2) is 6.07. The third-order valence-corrected chi connectivity index (χ3v) is 4.20. The van der Waals surface area contributed by atoms with Crippen LogP contribution in [-0.4, -0.2) is 20.9 Å². The molecule has 0 atom stereocenters. The van der Waals surface area contributed by atoms with Gasteiger partial charge in [0.2, 0.25) is 10.0 Å². The fourth-order valence-electron chi connectivity index (χ4n) is 1.49. The molecule has 0 heterocycles. The van der Waals surface area contributed by atoms with Gasteiger partial charge in [-0.05, 0) is 24.0 Å². The topological polar surface area (TPSA) is 89.3 Å². The Hall–Kier alpha value is -1.54. The van der Waals surface area contributed by atoms with Crippen molar-refractivity contribution in [1.29, 1.82) is 0 Å². The second-order valence-electron chi connectivity index (χ2n) is 5.48. The van der Waals surface area contributed by atoms with Crippen LogP contribution in [0.3, 0.4) is 0 Å². The molecule has 3 N–H and O–H groups in total. The molecule has 0 aliphatic rings. The van der Waals surface area contributed by atoms with Gasteiger partial charge in [-0.1, -0.05) is 20.8 Å². The van der Waals surface area contributed by atoms with Crippen molar-refractivity contribution in [1.82, 2.24) is 5.32 Å². The molecule has 5 nitrogen and oxygen atoms in total. The SMILES string of the molecule is CCC(C)(C)CNC(=O)c1c(F)ccc(S(N)(=O)=O)c1F. The van der Waals surface area contributed by atoms with Gasteiger partial charge in [0.1, 0.15) is 16.3 Å². The van der Waals surface area contributed by atoms with E-state index in [2.05, 4.69) is 5.32 Å². The van der Waals surface area contributed by atoms with E-state index in [4.69, 9.17) is 5.14 Å². The molecule has 0 aliphatic heterocycles. The van der Waals surface area contributed by atoms with Crippen LogP contribution in [0.25, 0.3) is 0 Å². The molecule has 8 heteroatoms. The Labute approximate surface area is 122 Å². The van der Waals surface area contributed by atoms with Crippen molar-refractivity contribution in [3.8, 4) is 0 Å². The average molecular weight is 320 g/mol. The predicted molar refractivity (Wildman–Crippen MR) is 74.1 cm³/mol. The van der Waals surface area contributed by atoms with Crippen LogP contribution >= 0.6 is 0 Å². The summed E-state index contributed by atoms with van der Waals surface area (Å²) in [6.07, 6.45) is 0.745. The molecule has 21 heavy (non-hydrogen) atoms. The van der Waals surface area contributed by atoms with Crippen molar-refractivity contribution in [3.63, 3.8) is 0 Å². The number of hydrogen-bond donors (Lipinski definition) is 2. The zero-order valence-electron chi connectivity index (χ0n) is 12.0. The first-order chi connectivity index (χ1) is 9.49. The first-order valence-electron chi connectivity index (χ1n) is 6.28. The molecule has 0 spiro atoms. The monoisotopic (exact) mass is 320 g/mol. The maximum Gasteiger partial charge on any atom is 0.257 e. The number of amides is 1. The van der Waals surface area contributed by atoms with Crippen molar-refractivity contribution in [2.45, 2.75) is 32.1 Å². The van der Waals surface area contributed by atoms with Crippen molar-refractivity contribution in [3.05, 3.63) is 29.3 Å². The Bertz CT molecular complexity index is 658. The standard InChI is InChI=1S/C13H18F2N2O3S/c1-4-13(2,3)7-17-12(18)10-8(14)5-6-9(11(10)15)21(16,19)20/h5-6H,4,7H2,1-3H3,(H,17,18)(H2,16,19,20). The van der Waals surface area contributed by atoms with E-state index in [0.29, 0.717) is 12.1 Å². The van der Waals surface area contributed by atoms with Crippen molar-refractivity contribution in [2.24, 2.45) is 10.6 Å². The highest BCUT2D eigenvalue weighted by molar-refractivity contribution is 7.89. The van der Waals surface area contributed by atoms with Crippen LogP contribution in [0.2, 0.25) is 0 Å². The summed E-state index contributed by atoms with van der Waals surface area (Å²) in [6, 6.07) is 1.38. The zero-order valence-corrected chi connectivity index (χ0v) is 12.9. The summed E-state index contributed by atoms with van der Waals surface area (Å²) in [4.78, 5) is 11.0. The van der Waals surface area contributed by atoms with Gasteiger partial charge in [0, 0.05) is 6.54 Å². The smallest absolute Gasteiger partial charge is 0.257 e. The zero-order chi connectivity index (χ0) is 16.4. The van der Waals surface area contributed by atoms with Crippen LogP contribution < -0.4 is 10.5 Å². The van der Waals surface area contributed by atoms with E-state index in [-0.39, 0.29) is 12.0 Å². The summed E-state index contributed by atoms with van der Waals surface area (Å²) in [7, 11) is -4.38. The van der Waals surface area contributed by atoms with E-state index in [0.717, 1.165) is 6.42 Å². The van der Waals surface area contributed by atoms with Crippen LogP contribution in [0, 0.1) is 17.0 Å². The molecule has 118 valence electrons. The minimum atomic E-state index is -4.38. The lowest BCUT2D eigenvalue weighted by molar-refractivity contribution is 0.0926. The van der Waals surface area contributed by atoms with E-state index in [1.54, 1.807) is 0 Å². The molecule has 0 radical (unpaired) electrons. The maximum atomic E-state index is 14.0. The predicted octanol–water partition coefficient (Wildman–Crippen LogP) is 1.78. The summed E-state index contributed by atoms with van der Waals surface area (Å²) in [5.41, 5.74) is -1.20. The van der Waals surface area contributed by atoms with Gasteiger partial charge in [-0.2, -0.15) is 0 Å². The van der Waals surface area contributed by atoms with Crippen LogP contribution in [0.1, 0.15) is 37.6 Å². The molecule has 0 fully saturated rings. The minimum absolute atomic E-state index is 0.195. The van der Waals surface area contributed by atoms with Gasteiger partial charge in [-0.15, -0.1) is 0 Å². The Kier molecular flexibility index (Phi) is 5.06. The van der Waals surface area contributed by atoms with E-state index in [1.165, 1.54) is 0 Å². The molecule has 1 aromatic rings.